The van der Waals surface area contributed by atoms with Gasteiger partial charge in [-0.1, -0.05) is 23.7 Å². The standard InChI is InChI=1S/C18H17ClFN3/c19-15-6-2-7-16-14(15)11-23(13-5-1-4-12(20)10-13)18(22-16)17-8-3-9-21-17/h1-2,4-7,10-11,17-18,21H,3,8-9H2/t17?,18-/m1/s1. The Kier molecular flexibility index (Phi) is 3.79. The summed E-state index contributed by atoms with van der Waals surface area (Å²) in [4.78, 5) is 6.93. The van der Waals surface area contributed by atoms with Crippen LogP contribution < -0.4 is 20.8 Å². The number of nitrogens with zero attached hydrogens (tertiary/aromatic N) is 2. The van der Waals surface area contributed by atoms with E-state index in [1.807, 2.05) is 35.4 Å². The highest BCUT2D eigenvalue weighted by Crippen LogP contribution is 2.25. The highest BCUT2D eigenvalue weighted by molar-refractivity contribution is 6.30. The third kappa shape index (κ3) is 2.73. The molecule has 2 atom stereocenters. The van der Waals surface area contributed by atoms with E-state index < -0.39 is 0 Å². The van der Waals surface area contributed by atoms with Crippen LogP contribution in [0.3, 0.4) is 0 Å². The van der Waals surface area contributed by atoms with Crippen LogP contribution in [0.25, 0.3) is 6.20 Å². The first kappa shape index (κ1) is 14.7. The fourth-order valence-electron chi connectivity index (χ4n) is 3.30. The Morgan fingerprint density at radius 3 is 2.87 bits per heavy atom. The zero-order valence-corrected chi connectivity index (χ0v) is 13.3. The average Bonchev–Trinajstić information content (AvgIpc) is 3.08. The molecular formula is C18H17ClFN3. The molecule has 2 heterocycles. The molecule has 1 saturated heterocycles. The monoisotopic (exact) mass is 329 g/mol. The maximum absolute atomic E-state index is 13.7. The molecule has 2 aromatic carbocycles. The lowest BCUT2D eigenvalue weighted by Crippen LogP contribution is -2.50. The topological polar surface area (TPSA) is 27.6 Å². The molecule has 2 aliphatic rings. The molecule has 0 saturated carbocycles. The Morgan fingerprint density at radius 2 is 2.09 bits per heavy atom. The summed E-state index contributed by atoms with van der Waals surface area (Å²) in [5, 5.41) is 5.94. The SMILES string of the molecule is Fc1cccc(N2C=c3c(Cl)cccc3=N[C@H]2C2CCCN2)c1. The van der Waals surface area contributed by atoms with E-state index in [4.69, 9.17) is 16.6 Å². The molecule has 1 N–H and O–H groups in total. The molecule has 0 aliphatic carbocycles. The Balaban J connectivity index is 1.87. The maximum atomic E-state index is 13.7. The molecule has 5 heteroatoms. The molecule has 0 amide bonds. The van der Waals surface area contributed by atoms with Crippen LogP contribution >= 0.6 is 11.6 Å². The molecule has 1 fully saturated rings. The van der Waals surface area contributed by atoms with Gasteiger partial charge in [0.1, 0.15) is 12.0 Å². The van der Waals surface area contributed by atoms with Crippen molar-refractivity contribution >= 4 is 23.5 Å². The van der Waals surface area contributed by atoms with Crippen molar-refractivity contribution in [1.82, 2.24) is 5.32 Å². The molecule has 0 radical (unpaired) electrons. The zero-order chi connectivity index (χ0) is 15.8. The van der Waals surface area contributed by atoms with Crippen molar-refractivity contribution in [2.45, 2.75) is 25.0 Å². The largest absolute Gasteiger partial charge is 0.323 e. The number of anilines is 1. The van der Waals surface area contributed by atoms with Crippen LogP contribution in [0, 0.1) is 5.82 Å². The van der Waals surface area contributed by atoms with E-state index in [-0.39, 0.29) is 18.0 Å². The molecular weight excluding hydrogens is 313 g/mol. The van der Waals surface area contributed by atoms with Gasteiger partial charge >= 0.3 is 0 Å². The van der Waals surface area contributed by atoms with Crippen molar-refractivity contribution in [1.29, 1.82) is 0 Å². The van der Waals surface area contributed by atoms with Gasteiger partial charge in [-0.05, 0) is 49.7 Å². The van der Waals surface area contributed by atoms with Crippen molar-refractivity contribution in [2.75, 3.05) is 11.4 Å². The molecule has 2 aromatic rings. The quantitative estimate of drug-likeness (QED) is 0.916. The minimum atomic E-state index is -0.251. The molecule has 0 spiro atoms. The van der Waals surface area contributed by atoms with Gasteiger partial charge in [-0.25, -0.2) is 4.39 Å². The fraction of sp³-hybridized carbons (Fsp3) is 0.278. The molecule has 118 valence electrons. The Bertz CT molecular complexity index is 846. The van der Waals surface area contributed by atoms with Gasteiger partial charge in [-0.3, -0.25) is 4.99 Å². The predicted octanol–water partition coefficient (Wildman–Crippen LogP) is 2.43. The van der Waals surface area contributed by atoms with E-state index in [2.05, 4.69) is 5.32 Å². The summed E-state index contributed by atoms with van der Waals surface area (Å²) in [5.41, 5.74) is 0.790. The summed E-state index contributed by atoms with van der Waals surface area (Å²) in [6, 6.07) is 12.6. The van der Waals surface area contributed by atoms with Crippen molar-refractivity contribution < 1.29 is 4.39 Å². The second kappa shape index (κ2) is 5.95. The van der Waals surface area contributed by atoms with Gasteiger partial charge in [0.15, 0.2) is 0 Å². The van der Waals surface area contributed by atoms with Gasteiger partial charge < -0.3 is 10.2 Å². The predicted molar refractivity (Wildman–Crippen MR) is 90.4 cm³/mol. The normalized spacial score (nSPS) is 23.1. The molecule has 0 bridgehead atoms. The van der Waals surface area contributed by atoms with E-state index in [0.717, 1.165) is 35.6 Å². The van der Waals surface area contributed by atoms with Crippen molar-refractivity contribution in [3.8, 4) is 0 Å². The Labute approximate surface area is 139 Å². The van der Waals surface area contributed by atoms with Gasteiger partial charge in [-0.15, -0.1) is 0 Å². The van der Waals surface area contributed by atoms with E-state index in [0.29, 0.717) is 5.02 Å². The second-order valence-corrected chi connectivity index (χ2v) is 6.34. The minimum Gasteiger partial charge on any atom is -0.323 e. The molecule has 0 aromatic heterocycles. The maximum Gasteiger partial charge on any atom is 0.141 e. The fourth-order valence-corrected chi connectivity index (χ4v) is 3.52. The molecule has 2 aliphatic heterocycles. The lowest BCUT2D eigenvalue weighted by atomic mass is 10.1. The zero-order valence-electron chi connectivity index (χ0n) is 12.5. The van der Waals surface area contributed by atoms with Crippen molar-refractivity contribution in [3.63, 3.8) is 0 Å². The minimum absolute atomic E-state index is 0.0923. The summed E-state index contributed by atoms with van der Waals surface area (Å²) in [5.74, 6) is -0.251. The van der Waals surface area contributed by atoms with E-state index in [9.17, 15) is 4.39 Å². The number of hydrogen-bond acceptors (Lipinski definition) is 3. The summed E-state index contributed by atoms with van der Waals surface area (Å²) in [7, 11) is 0. The number of fused-ring (bicyclic) bond motifs is 1. The average molecular weight is 330 g/mol. The number of hydrogen-bond donors (Lipinski definition) is 1. The first-order valence-corrected chi connectivity index (χ1v) is 8.22. The first-order valence-electron chi connectivity index (χ1n) is 7.84. The molecule has 1 unspecified atom stereocenters. The van der Waals surface area contributed by atoms with Crippen LogP contribution in [0.1, 0.15) is 12.8 Å². The Morgan fingerprint density at radius 1 is 1.22 bits per heavy atom. The summed E-state index contributed by atoms with van der Waals surface area (Å²) in [6.07, 6.45) is 4.09. The number of halogens is 2. The van der Waals surface area contributed by atoms with Crippen LogP contribution in [0.2, 0.25) is 5.02 Å². The number of benzene rings is 2. The number of nitrogens with one attached hydrogen (secondary N) is 1. The summed E-state index contributed by atoms with van der Waals surface area (Å²) < 4.78 is 13.7. The summed E-state index contributed by atoms with van der Waals surface area (Å²) in [6.45, 7) is 0.996. The lowest BCUT2D eigenvalue weighted by Gasteiger charge is -2.34. The summed E-state index contributed by atoms with van der Waals surface area (Å²) >= 11 is 6.33. The van der Waals surface area contributed by atoms with E-state index in [1.165, 1.54) is 12.1 Å². The van der Waals surface area contributed by atoms with Gasteiger partial charge in [0.25, 0.3) is 0 Å². The first-order chi connectivity index (χ1) is 11.2. The van der Waals surface area contributed by atoms with Crippen LogP contribution in [0.4, 0.5) is 10.1 Å². The van der Waals surface area contributed by atoms with Crippen LogP contribution in [0.15, 0.2) is 47.5 Å². The van der Waals surface area contributed by atoms with E-state index in [1.54, 1.807) is 6.07 Å². The van der Waals surface area contributed by atoms with Crippen LogP contribution in [0.5, 0.6) is 0 Å². The second-order valence-electron chi connectivity index (χ2n) is 5.93. The third-order valence-electron chi connectivity index (χ3n) is 4.42. The van der Waals surface area contributed by atoms with Gasteiger partial charge in [-0.2, -0.15) is 0 Å². The Hall–Kier alpha value is -1.91. The number of rotatable bonds is 2. The van der Waals surface area contributed by atoms with Gasteiger partial charge in [0, 0.05) is 23.1 Å². The van der Waals surface area contributed by atoms with Gasteiger partial charge in [0.2, 0.25) is 0 Å². The van der Waals surface area contributed by atoms with Crippen LogP contribution in [-0.4, -0.2) is 18.8 Å². The van der Waals surface area contributed by atoms with Crippen molar-refractivity contribution in [2.24, 2.45) is 4.99 Å². The molecule has 4 rings (SSSR count). The smallest absolute Gasteiger partial charge is 0.141 e. The van der Waals surface area contributed by atoms with Crippen molar-refractivity contribution in [3.05, 3.63) is 63.9 Å². The lowest BCUT2D eigenvalue weighted by molar-refractivity contribution is 0.482. The van der Waals surface area contributed by atoms with E-state index >= 15 is 0 Å². The van der Waals surface area contributed by atoms with Gasteiger partial charge in [0.05, 0.1) is 10.4 Å². The third-order valence-corrected chi connectivity index (χ3v) is 4.75. The molecule has 3 nitrogen and oxygen atoms in total. The highest BCUT2D eigenvalue weighted by atomic mass is 35.5. The highest BCUT2D eigenvalue weighted by Gasteiger charge is 2.30. The molecule has 23 heavy (non-hydrogen) atoms. The van der Waals surface area contributed by atoms with Crippen LogP contribution in [-0.2, 0) is 0 Å².